The number of carbonyl (C=O) groups excluding carboxylic acids is 1. The predicted molar refractivity (Wildman–Crippen MR) is 61.5 cm³/mol. The lowest BCUT2D eigenvalue weighted by Crippen LogP contribution is -2.36. The molecule has 1 aromatic carbocycles. The molecule has 0 spiro atoms. The van der Waals surface area contributed by atoms with Gasteiger partial charge in [0.15, 0.2) is 5.78 Å². The Balaban J connectivity index is 2.68. The van der Waals surface area contributed by atoms with Gasteiger partial charge in [-0.3, -0.25) is 14.9 Å². The van der Waals surface area contributed by atoms with Crippen molar-refractivity contribution < 1.29 is 14.5 Å². The highest BCUT2D eigenvalue weighted by Gasteiger charge is 2.38. The van der Waals surface area contributed by atoms with Crippen molar-refractivity contribution in [3.63, 3.8) is 0 Å². The SMILES string of the molecule is Cc1ccc2c(c1[N+](=O)[O-])C(=O)CC(C)(C)O2. The third kappa shape index (κ3) is 1.88. The number of ether oxygens (including phenoxy) is 1. The molecular weight excluding hydrogens is 222 g/mol. The monoisotopic (exact) mass is 235 g/mol. The Morgan fingerprint density at radius 2 is 2.06 bits per heavy atom. The molecule has 5 heteroatoms. The number of nitro groups is 1. The number of hydrogen-bond donors (Lipinski definition) is 0. The first-order valence-electron chi connectivity index (χ1n) is 5.32. The number of hydrogen-bond acceptors (Lipinski definition) is 4. The Morgan fingerprint density at radius 3 is 2.65 bits per heavy atom. The highest BCUT2D eigenvalue weighted by molar-refractivity contribution is 6.04. The molecule has 0 radical (unpaired) electrons. The van der Waals surface area contributed by atoms with Crippen molar-refractivity contribution in [3.8, 4) is 5.75 Å². The Bertz CT molecular complexity index is 519. The third-order valence-electron chi connectivity index (χ3n) is 2.78. The van der Waals surface area contributed by atoms with Gasteiger partial charge >= 0.3 is 0 Å². The lowest BCUT2D eigenvalue weighted by Gasteiger charge is -2.31. The van der Waals surface area contributed by atoms with Crippen molar-refractivity contribution >= 4 is 11.5 Å². The zero-order chi connectivity index (χ0) is 12.8. The second-order valence-electron chi connectivity index (χ2n) is 4.82. The number of nitro benzene ring substituents is 1. The number of Topliss-reactive ketones (excluding diaryl/α,β-unsaturated/α-hetero) is 1. The zero-order valence-corrected chi connectivity index (χ0v) is 9.94. The normalized spacial score (nSPS) is 17.2. The van der Waals surface area contributed by atoms with Gasteiger partial charge in [-0.05, 0) is 32.9 Å². The number of fused-ring (bicyclic) bond motifs is 1. The van der Waals surface area contributed by atoms with Gasteiger partial charge in [-0.15, -0.1) is 0 Å². The second-order valence-corrected chi connectivity index (χ2v) is 4.82. The number of carbonyl (C=O) groups is 1. The average Bonchev–Trinajstić information content (AvgIpc) is 2.16. The molecule has 0 N–H and O–H groups in total. The van der Waals surface area contributed by atoms with Crippen LogP contribution in [0, 0.1) is 17.0 Å². The van der Waals surface area contributed by atoms with Gasteiger partial charge < -0.3 is 4.74 Å². The van der Waals surface area contributed by atoms with Crippen molar-refractivity contribution in [1.82, 2.24) is 0 Å². The van der Waals surface area contributed by atoms with Crippen LogP contribution in [0.4, 0.5) is 5.69 Å². The first kappa shape index (κ1) is 11.6. The van der Waals surface area contributed by atoms with E-state index in [1.807, 2.05) is 0 Å². The molecule has 0 aliphatic carbocycles. The van der Waals surface area contributed by atoms with Crippen LogP contribution < -0.4 is 4.74 Å². The van der Waals surface area contributed by atoms with Crippen molar-refractivity contribution in [2.24, 2.45) is 0 Å². The van der Waals surface area contributed by atoms with E-state index in [9.17, 15) is 14.9 Å². The molecule has 0 bridgehead atoms. The molecule has 0 amide bonds. The Morgan fingerprint density at radius 1 is 1.41 bits per heavy atom. The van der Waals surface area contributed by atoms with E-state index >= 15 is 0 Å². The summed E-state index contributed by atoms with van der Waals surface area (Å²) in [5.41, 5.74) is -0.157. The van der Waals surface area contributed by atoms with Gasteiger partial charge in [0, 0.05) is 5.56 Å². The van der Waals surface area contributed by atoms with Crippen LogP contribution in [-0.4, -0.2) is 16.3 Å². The van der Waals surface area contributed by atoms with E-state index in [0.29, 0.717) is 11.3 Å². The molecule has 0 unspecified atom stereocenters. The van der Waals surface area contributed by atoms with E-state index in [1.165, 1.54) is 0 Å². The highest BCUT2D eigenvalue weighted by atomic mass is 16.6. The smallest absolute Gasteiger partial charge is 0.286 e. The molecule has 1 heterocycles. The van der Waals surface area contributed by atoms with Gasteiger partial charge in [0.05, 0.1) is 11.3 Å². The number of benzene rings is 1. The van der Waals surface area contributed by atoms with E-state index in [4.69, 9.17) is 4.74 Å². The Labute approximate surface area is 98.5 Å². The molecule has 1 aromatic rings. The summed E-state index contributed by atoms with van der Waals surface area (Å²) in [6.07, 6.45) is 0.157. The summed E-state index contributed by atoms with van der Waals surface area (Å²) in [4.78, 5) is 22.5. The summed E-state index contributed by atoms with van der Waals surface area (Å²) < 4.78 is 5.61. The highest BCUT2D eigenvalue weighted by Crippen LogP contribution is 2.39. The van der Waals surface area contributed by atoms with Crippen LogP contribution in [0.25, 0.3) is 0 Å². The maximum absolute atomic E-state index is 12.0. The van der Waals surface area contributed by atoms with Crippen LogP contribution >= 0.6 is 0 Å². The van der Waals surface area contributed by atoms with Gasteiger partial charge in [-0.2, -0.15) is 0 Å². The van der Waals surface area contributed by atoms with Crippen LogP contribution in [0.2, 0.25) is 0 Å². The average molecular weight is 235 g/mol. The molecule has 2 rings (SSSR count). The fourth-order valence-corrected chi connectivity index (χ4v) is 2.08. The number of aryl methyl sites for hydroxylation is 1. The van der Waals surface area contributed by atoms with Gasteiger partial charge in [0.25, 0.3) is 5.69 Å². The number of ketones is 1. The lowest BCUT2D eigenvalue weighted by molar-refractivity contribution is -0.385. The van der Waals surface area contributed by atoms with Crippen LogP contribution in [0.1, 0.15) is 36.2 Å². The number of rotatable bonds is 1. The van der Waals surface area contributed by atoms with E-state index in [2.05, 4.69) is 0 Å². The maximum Gasteiger partial charge on any atom is 0.286 e. The molecule has 0 saturated carbocycles. The molecule has 0 aromatic heterocycles. The molecule has 0 saturated heterocycles. The van der Waals surface area contributed by atoms with E-state index in [-0.39, 0.29) is 23.5 Å². The van der Waals surface area contributed by atoms with E-state index in [0.717, 1.165) is 0 Å². The van der Waals surface area contributed by atoms with Crippen LogP contribution in [0.5, 0.6) is 5.75 Å². The molecule has 5 nitrogen and oxygen atoms in total. The Hall–Kier alpha value is -1.91. The summed E-state index contributed by atoms with van der Waals surface area (Å²) in [6.45, 7) is 5.20. The standard InChI is InChI=1S/C12H13NO4/c1-7-4-5-9-10(11(7)13(15)16)8(14)6-12(2,3)17-9/h4-5H,6H2,1-3H3. The third-order valence-corrected chi connectivity index (χ3v) is 2.78. The summed E-state index contributed by atoms with van der Waals surface area (Å²) in [5.74, 6) is 0.0789. The van der Waals surface area contributed by atoms with Crippen molar-refractivity contribution in [2.45, 2.75) is 32.8 Å². The first-order valence-corrected chi connectivity index (χ1v) is 5.32. The summed E-state index contributed by atoms with van der Waals surface area (Å²) in [7, 11) is 0. The number of nitrogens with zero attached hydrogens (tertiary/aromatic N) is 1. The lowest BCUT2D eigenvalue weighted by atomic mass is 9.91. The fraction of sp³-hybridized carbons (Fsp3) is 0.417. The van der Waals surface area contributed by atoms with E-state index < -0.39 is 10.5 Å². The van der Waals surface area contributed by atoms with Gasteiger partial charge in [0.2, 0.25) is 0 Å². The van der Waals surface area contributed by atoms with E-state index in [1.54, 1.807) is 32.9 Å². The van der Waals surface area contributed by atoms with Crippen molar-refractivity contribution in [3.05, 3.63) is 33.4 Å². The minimum atomic E-state index is -0.604. The van der Waals surface area contributed by atoms with Crippen molar-refractivity contribution in [2.75, 3.05) is 0 Å². The molecule has 0 fully saturated rings. The topological polar surface area (TPSA) is 69.4 Å². The second kappa shape index (κ2) is 3.55. The summed E-state index contributed by atoms with van der Waals surface area (Å²) in [6, 6.07) is 3.22. The molecular formula is C12H13NO4. The van der Waals surface area contributed by atoms with Crippen LogP contribution in [0.3, 0.4) is 0 Å². The largest absolute Gasteiger partial charge is 0.486 e. The molecule has 1 aliphatic heterocycles. The quantitative estimate of drug-likeness (QED) is 0.554. The summed E-state index contributed by atoms with van der Waals surface area (Å²) >= 11 is 0. The molecule has 0 atom stereocenters. The Kier molecular flexibility index (Phi) is 2.41. The van der Waals surface area contributed by atoms with Gasteiger partial charge in [0.1, 0.15) is 16.9 Å². The minimum absolute atomic E-state index is 0.106. The predicted octanol–water partition coefficient (Wildman–Crippen LogP) is 2.65. The first-order chi connectivity index (χ1) is 7.82. The fourth-order valence-electron chi connectivity index (χ4n) is 2.08. The maximum atomic E-state index is 12.0. The molecule has 17 heavy (non-hydrogen) atoms. The zero-order valence-electron chi connectivity index (χ0n) is 9.94. The van der Waals surface area contributed by atoms with Crippen molar-refractivity contribution in [1.29, 1.82) is 0 Å². The van der Waals surface area contributed by atoms with Crippen LogP contribution in [0.15, 0.2) is 12.1 Å². The molecule has 90 valence electrons. The minimum Gasteiger partial charge on any atom is -0.486 e. The molecule has 1 aliphatic rings. The van der Waals surface area contributed by atoms with Gasteiger partial charge in [-0.1, -0.05) is 0 Å². The van der Waals surface area contributed by atoms with Gasteiger partial charge in [-0.25, -0.2) is 0 Å². The van der Waals surface area contributed by atoms with Crippen LogP contribution in [-0.2, 0) is 0 Å². The summed E-state index contributed by atoms with van der Waals surface area (Å²) in [5, 5.41) is 11.0.